The molecule has 0 saturated carbocycles. The number of nitrogens with one attached hydrogen (secondary N) is 1. The summed E-state index contributed by atoms with van der Waals surface area (Å²) in [6.07, 6.45) is 2.38. The predicted molar refractivity (Wildman–Crippen MR) is 91.8 cm³/mol. The largest absolute Gasteiger partial charge is 0.355 e. The molecular weight excluding hydrogens is 288 g/mol. The molecule has 23 heavy (non-hydrogen) atoms. The smallest absolute Gasteiger partial charge is 0.257 e. The summed E-state index contributed by atoms with van der Waals surface area (Å²) in [6.45, 7) is 6.24. The molecule has 1 saturated heterocycles. The van der Waals surface area contributed by atoms with Crippen LogP contribution in [0, 0.1) is 12.8 Å². The maximum atomic E-state index is 12.3. The number of carbonyl (C=O) groups is 1. The molecule has 2 heterocycles. The lowest BCUT2D eigenvalue weighted by atomic mass is 9.99. The van der Waals surface area contributed by atoms with Gasteiger partial charge in [0.05, 0.1) is 0 Å². The highest BCUT2D eigenvalue weighted by molar-refractivity contribution is 6.04. The molecule has 1 aliphatic heterocycles. The van der Waals surface area contributed by atoms with Gasteiger partial charge in [-0.25, -0.2) is 0 Å². The second kappa shape index (κ2) is 6.77. The summed E-state index contributed by atoms with van der Waals surface area (Å²) in [7, 11) is 0. The van der Waals surface area contributed by atoms with Crippen LogP contribution in [-0.4, -0.2) is 29.2 Å². The molecule has 5 nitrogen and oxygen atoms in total. The second-order valence-corrected chi connectivity index (χ2v) is 6.22. The number of piperidine rings is 1. The van der Waals surface area contributed by atoms with E-state index < -0.39 is 0 Å². The minimum absolute atomic E-state index is 0.156. The number of rotatable bonds is 3. The van der Waals surface area contributed by atoms with E-state index >= 15 is 0 Å². The highest BCUT2D eigenvalue weighted by Gasteiger charge is 2.17. The number of hydrogen-bond donors (Lipinski definition) is 1. The first-order valence-electron chi connectivity index (χ1n) is 8.09. The van der Waals surface area contributed by atoms with Crippen molar-refractivity contribution in [3.63, 3.8) is 0 Å². The number of nitrogens with zero attached hydrogens (tertiary/aromatic N) is 3. The van der Waals surface area contributed by atoms with Crippen LogP contribution in [0.3, 0.4) is 0 Å². The first-order valence-corrected chi connectivity index (χ1v) is 8.09. The van der Waals surface area contributed by atoms with Crippen LogP contribution in [-0.2, 0) is 0 Å². The van der Waals surface area contributed by atoms with Crippen LogP contribution >= 0.6 is 0 Å². The van der Waals surface area contributed by atoms with E-state index in [2.05, 4.69) is 27.3 Å². The van der Waals surface area contributed by atoms with E-state index in [1.165, 1.54) is 12.8 Å². The van der Waals surface area contributed by atoms with Crippen molar-refractivity contribution in [3.8, 4) is 0 Å². The van der Waals surface area contributed by atoms with E-state index in [0.717, 1.165) is 30.4 Å². The van der Waals surface area contributed by atoms with Crippen LogP contribution in [0.15, 0.2) is 36.4 Å². The van der Waals surface area contributed by atoms with Crippen molar-refractivity contribution < 1.29 is 4.79 Å². The number of amides is 1. The number of aromatic nitrogens is 2. The van der Waals surface area contributed by atoms with Gasteiger partial charge >= 0.3 is 0 Å². The van der Waals surface area contributed by atoms with Crippen molar-refractivity contribution in [2.24, 2.45) is 5.92 Å². The average Bonchev–Trinajstić information content (AvgIpc) is 2.57. The molecule has 1 aromatic carbocycles. The number of aryl methyl sites for hydroxylation is 1. The zero-order valence-electron chi connectivity index (χ0n) is 13.6. The summed E-state index contributed by atoms with van der Waals surface area (Å²) in [6, 6.07) is 11.2. The molecule has 0 bridgehead atoms. The van der Waals surface area contributed by atoms with Gasteiger partial charge in [-0.2, -0.15) is 0 Å². The molecule has 0 unspecified atom stereocenters. The van der Waals surface area contributed by atoms with Crippen molar-refractivity contribution in [1.82, 2.24) is 10.2 Å². The Hall–Kier alpha value is -2.43. The highest BCUT2D eigenvalue weighted by atomic mass is 16.1. The molecule has 120 valence electrons. The number of benzene rings is 1. The normalized spacial score (nSPS) is 15.5. The molecule has 2 aromatic rings. The maximum Gasteiger partial charge on any atom is 0.257 e. The highest BCUT2D eigenvalue weighted by Crippen LogP contribution is 2.21. The zero-order chi connectivity index (χ0) is 16.2. The Kier molecular flexibility index (Phi) is 4.55. The molecule has 0 radical (unpaired) electrons. The van der Waals surface area contributed by atoms with Gasteiger partial charge in [-0.15, -0.1) is 10.2 Å². The number of hydrogen-bond acceptors (Lipinski definition) is 4. The van der Waals surface area contributed by atoms with Gasteiger partial charge in [0.25, 0.3) is 5.91 Å². The Morgan fingerprint density at radius 1 is 1.13 bits per heavy atom. The Morgan fingerprint density at radius 3 is 2.52 bits per heavy atom. The maximum absolute atomic E-state index is 12.3. The van der Waals surface area contributed by atoms with E-state index in [-0.39, 0.29) is 5.91 Å². The molecular formula is C18H22N4O. The molecule has 1 amide bonds. The molecule has 5 heteroatoms. The molecule has 1 aliphatic rings. The minimum atomic E-state index is -0.156. The van der Waals surface area contributed by atoms with Crippen molar-refractivity contribution in [2.75, 3.05) is 23.3 Å². The third-order valence-corrected chi connectivity index (χ3v) is 4.39. The Balaban J connectivity index is 1.66. The monoisotopic (exact) mass is 310 g/mol. The third kappa shape index (κ3) is 3.67. The van der Waals surface area contributed by atoms with Crippen molar-refractivity contribution in [2.45, 2.75) is 26.7 Å². The van der Waals surface area contributed by atoms with Crippen molar-refractivity contribution in [3.05, 3.63) is 47.5 Å². The van der Waals surface area contributed by atoms with Gasteiger partial charge in [0.15, 0.2) is 11.6 Å². The summed E-state index contributed by atoms with van der Waals surface area (Å²) in [5.74, 6) is 1.99. The number of anilines is 2. The van der Waals surface area contributed by atoms with Gasteiger partial charge in [0.1, 0.15) is 0 Å². The van der Waals surface area contributed by atoms with Crippen LogP contribution in [0.4, 0.5) is 11.6 Å². The van der Waals surface area contributed by atoms with E-state index in [9.17, 15) is 4.79 Å². The summed E-state index contributed by atoms with van der Waals surface area (Å²) >= 11 is 0. The summed E-state index contributed by atoms with van der Waals surface area (Å²) in [5, 5.41) is 11.2. The molecule has 1 aromatic heterocycles. The Labute approximate surface area is 136 Å². The SMILES string of the molecule is Cc1ccccc1C(=O)Nc1ccc(N2CCC(C)CC2)nn1. The first kappa shape index (κ1) is 15.5. The quantitative estimate of drug-likeness (QED) is 0.945. The lowest BCUT2D eigenvalue weighted by Gasteiger charge is -2.30. The number of carbonyl (C=O) groups excluding carboxylic acids is 1. The Bertz CT molecular complexity index is 676. The molecule has 1 N–H and O–H groups in total. The fourth-order valence-electron chi connectivity index (χ4n) is 2.81. The van der Waals surface area contributed by atoms with Gasteiger partial charge in [0.2, 0.25) is 0 Å². The third-order valence-electron chi connectivity index (χ3n) is 4.39. The molecule has 1 fully saturated rings. The fraction of sp³-hybridized carbons (Fsp3) is 0.389. The van der Waals surface area contributed by atoms with E-state index in [1.807, 2.05) is 37.3 Å². The first-order chi connectivity index (χ1) is 11.1. The lowest BCUT2D eigenvalue weighted by molar-refractivity contribution is 0.102. The predicted octanol–water partition coefficient (Wildman–Crippen LogP) is 3.27. The van der Waals surface area contributed by atoms with Crippen LogP contribution in [0.1, 0.15) is 35.7 Å². The van der Waals surface area contributed by atoms with Crippen molar-refractivity contribution in [1.29, 1.82) is 0 Å². The minimum Gasteiger partial charge on any atom is -0.355 e. The molecule has 0 atom stereocenters. The van der Waals surface area contributed by atoms with Crippen LogP contribution in [0.25, 0.3) is 0 Å². The molecule has 3 rings (SSSR count). The fourth-order valence-corrected chi connectivity index (χ4v) is 2.81. The van der Waals surface area contributed by atoms with Gasteiger partial charge in [-0.3, -0.25) is 4.79 Å². The molecule has 0 spiro atoms. The van der Waals surface area contributed by atoms with Crippen LogP contribution < -0.4 is 10.2 Å². The van der Waals surface area contributed by atoms with E-state index in [0.29, 0.717) is 11.4 Å². The summed E-state index contributed by atoms with van der Waals surface area (Å²) in [5.41, 5.74) is 1.60. The molecule has 0 aliphatic carbocycles. The summed E-state index contributed by atoms with van der Waals surface area (Å²) < 4.78 is 0. The second-order valence-electron chi connectivity index (χ2n) is 6.22. The lowest BCUT2D eigenvalue weighted by Crippen LogP contribution is -2.33. The topological polar surface area (TPSA) is 58.1 Å². The average molecular weight is 310 g/mol. The van der Waals surface area contributed by atoms with E-state index in [4.69, 9.17) is 0 Å². The van der Waals surface area contributed by atoms with Gasteiger partial charge in [0, 0.05) is 18.7 Å². The van der Waals surface area contributed by atoms with Crippen molar-refractivity contribution >= 4 is 17.5 Å². The van der Waals surface area contributed by atoms with Crippen LogP contribution in [0.5, 0.6) is 0 Å². The standard InChI is InChI=1S/C18H22N4O/c1-13-9-11-22(12-10-13)17-8-7-16(20-21-17)19-18(23)15-6-4-3-5-14(15)2/h3-8,13H,9-12H2,1-2H3,(H,19,20,23). The zero-order valence-corrected chi connectivity index (χ0v) is 13.6. The summed E-state index contributed by atoms with van der Waals surface area (Å²) in [4.78, 5) is 14.5. The van der Waals surface area contributed by atoms with E-state index in [1.54, 1.807) is 6.07 Å². The van der Waals surface area contributed by atoms with Gasteiger partial charge in [-0.1, -0.05) is 25.1 Å². The van der Waals surface area contributed by atoms with Gasteiger partial charge < -0.3 is 10.2 Å². The van der Waals surface area contributed by atoms with Crippen LogP contribution in [0.2, 0.25) is 0 Å². The van der Waals surface area contributed by atoms with Gasteiger partial charge in [-0.05, 0) is 49.4 Å². The Morgan fingerprint density at radius 2 is 1.87 bits per heavy atom.